The van der Waals surface area contributed by atoms with Crippen molar-refractivity contribution in [2.45, 2.75) is 11.8 Å². The topological polar surface area (TPSA) is 161 Å². The van der Waals surface area contributed by atoms with Crippen LogP contribution in [0.4, 0.5) is 5.69 Å². The van der Waals surface area contributed by atoms with Gasteiger partial charge in [-0.15, -0.1) is 0 Å². The predicted octanol–water partition coefficient (Wildman–Crippen LogP) is 4.94. The summed E-state index contributed by atoms with van der Waals surface area (Å²) in [6, 6.07) is 15.8. The summed E-state index contributed by atoms with van der Waals surface area (Å²) in [6.45, 7) is 1.20. The van der Waals surface area contributed by atoms with E-state index in [1.807, 2.05) is 0 Å². The summed E-state index contributed by atoms with van der Waals surface area (Å²) >= 11 is -0.472. The zero-order valence-electron chi connectivity index (χ0n) is 18.9. The molecule has 13 heteroatoms. The van der Waals surface area contributed by atoms with Crippen LogP contribution in [-0.2, 0) is 31.3 Å². The van der Waals surface area contributed by atoms with E-state index in [2.05, 4.69) is 0 Å². The van der Waals surface area contributed by atoms with Gasteiger partial charge in [0.2, 0.25) is 5.91 Å². The fraction of sp³-hybridized carbons (Fsp3) is 0.0909. The number of methoxy groups -OCH3 is 1. The maximum absolute atomic E-state index is 13.2. The number of amides is 1. The quantitative estimate of drug-likeness (QED) is 0.269. The van der Waals surface area contributed by atoms with E-state index in [-0.39, 0.29) is 22.9 Å². The Hall–Kier alpha value is -2.46. The molecule has 3 aromatic rings. The van der Waals surface area contributed by atoms with Crippen LogP contribution in [0.5, 0.6) is 5.75 Å². The van der Waals surface area contributed by atoms with Crippen molar-refractivity contribution in [3.8, 4) is 5.75 Å². The molecule has 2 aromatic carbocycles. The summed E-state index contributed by atoms with van der Waals surface area (Å²) in [5, 5.41) is 11.2. The van der Waals surface area contributed by atoms with E-state index in [4.69, 9.17) is 23.6 Å². The summed E-state index contributed by atoms with van der Waals surface area (Å²) in [7, 11) is 7.09. The summed E-state index contributed by atoms with van der Waals surface area (Å²) in [5.41, 5.74) is 1.51. The third-order valence-corrected chi connectivity index (χ3v) is 6.12. The molecule has 0 saturated carbocycles. The molecule has 0 bridgehead atoms. The predicted molar refractivity (Wildman–Crippen MR) is 136 cm³/mol. The van der Waals surface area contributed by atoms with E-state index in [1.54, 1.807) is 48.6 Å². The molecule has 35 heavy (non-hydrogen) atoms. The first kappa shape index (κ1) is 32.5. The Morgan fingerprint density at radius 3 is 2.06 bits per heavy atom. The van der Waals surface area contributed by atoms with Gasteiger partial charge in [0.1, 0.15) is 5.75 Å². The number of carbonyl (C=O) groups excluding carboxylic acids is 1. The Morgan fingerprint density at radius 2 is 1.54 bits per heavy atom. The van der Waals surface area contributed by atoms with E-state index >= 15 is 0 Å². The molecule has 194 valence electrons. The van der Waals surface area contributed by atoms with Crippen LogP contribution in [0, 0.1) is 5.21 Å². The SMILES string of the molecule is COc1ccc(S(=O)(=O)N(C(C)=O)c2ccccc2/C=C/c2cc[n+]([O-])cc2)cc1.N.N.[Cl][Pt][Cl]. The van der Waals surface area contributed by atoms with Crippen LogP contribution in [0.1, 0.15) is 18.1 Å². The molecule has 0 aliphatic rings. The fourth-order valence-corrected chi connectivity index (χ4v) is 4.31. The molecule has 0 atom stereocenters. The minimum atomic E-state index is -4.14. The third kappa shape index (κ3) is 8.92. The van der Waals surface area contributed by atoms with Crippen LogP contribution in [0.3, 0.4) is 0 Å². The van der Waals surface area contributed by atoms with Gasteiger partial charge in [0.05, 0.1) is 17.7 Å². The van der Waals surface area contributed by atoms with Gasteiger partial charge < -0.3 is 22.2 Å². The van der Waals surface area contributed by atoms with Crippen LogP contribution >= 0.6 is 18.8 Å². The van der Waals surface area contributed by atoms with Crippen LogP contribution < -0.4 is 26.1 Å². The van der Waals surface area contributed by atoms with Crippen LogP contribution in [0.15, 0.2) is 78.0 Å². The molecule has 0 spiro atoms. The molecule has 0 aliphatic carbocycles. The normalized spacial score (nSPS) is 10.4. The molecule has 9 nitrogen and oxygen atoms in total. The van der Waals surface area contributed by atoms with E-state index < -0.39 is 32.4 Å². The molecule has 3 rings (SSSR count). The van der Waals surface area contributed by atoms with Crippen molar-refractivity contribution in [3.63, 3.8) is 0 Å². The summed E-state index contributed by atoms with van der Waals surface area (Å²) in [4.78, 5) is 12.4. The van der Waals surface area contributed by atoms with Gasteiger partial charge in [-0.25, -0.2) is 12.7 Å². The van der Waals surface area contributed by atoms with Gasteiger partial charge >= 0.3 is 35.3 Å². The van der Waals surface area contributed by atoms with Gasteiger partial charge in [-0.3, -0.25) is 4.79 Å². The number of benzene rings is 2. The van der Waals surface area contributed by atoms with E-state index in [0.717, 1.165) is 9.87 Å². The Labute approximate surface area is 221 Å². The first-order valence-corrected chi connectivity index (χ1v) is 16.3. The molecule has 1 amide bonds. The van der Waals surface area contributed by atoms with Gasteiger partial charge in [-0.1, -0.05) is 30.4 Å². The number of pyridine rings is 1. The molecule has 0 fully saturated rings. The first-order chi connectivity index (χ1) is 15.7. The number of hydrogen-bond acceptors (Lipinski definition) is 7. The number of para-hydroxylation sites is 1. The van der Waals surface area contributed by atoms with E-state index in [0.29, 0.717) is 16.0 Å². The third-order valence-electron chi connectivity index (χ3n) is 4.32. The van der Waals surface area contributed by atoms with Gasteiger partial charge in [0.25, 0.3) is 10.0 Å². The Bertz CT molecular complexity index is 1210. The fourth-order valence-electron chi connectivity index (χ4n) is 2.86. The van der Waals surface area contributed by atoms with Crippen LogP contribution in [0.2, 0.25) is 0 Å². The Kier molecular flexibility index (Phi) is 14.4. The summed E-state index contributed by atoms with van der Waals surface area (Å²) in [6.07, 6.45) is 6.15. The molecule has 6 N–H and O–H groups in total. The number of rotatable bonds is 6. The van der Waals surface area contributed by atoms with Crippen molar-refractivity contribution in [1.82, 2.24) is 12.3 Å². The number of nitrogens with zero attached hydrogens (tertiary/aromatic N) is 2. The van der Waals surface area contributed by atoms with Crippen molar-refractivity contribution >= 4 is 52.6 Å². The minimum absolute atomic E-state index is 0. The molecule has 1 aromatic heterocycles. The van der Waals surface area contributed by atoms with Gasteiger partial charge in [-0.05, 0) is 41.5 Å². The van der Waals surface area contributed by atoms with E-state index in [1.165, 1.54) is 50.7 Å². The summed E-state index contributed by atoms with van der Waals surface area (Å²) < 4.78 is 33.0. The van der Waals surface area contributed by atoms with Crippen LogP contribution in [-0.4, -0.2) is 21.4 Å². The number of aromatic nitrogens is 1. The summed E-state index contributed by atoms with van der Waals surface area (Å²) in [5.74, 6) is -0.132. The van der Waals surface area contributed by atoms with Crippen molar-refractivity contribution < 1.29 is 39.2 Å². The zero-order valence-corrected chi connectivity index (χ0v) is 23.5. The standard InChI is InChI=1S/C22H20N2O5S.2ClH.2H3N.Pt/c1-17(25)24(30(27,28)21-11-9-20(29-2)10-12-21)22-6-4-3-5-19(22)8-7-18-13-15-23(26)16-14-18;;;;;/h3-16H,1-2H3;2*1H;2*1H3;/q;;;;;+2/p-2/b8-7+;;;;;. The second-order valence-electron chi connectivity index (χ2n) is 6.39. The average molecular weight is 725 g/mol. The van der Waals surface area contributed by atoms with Crippen molar-refractivity contribution in [2.75, 3.05) is 11.4 Å². The van der Waals surface area contributed by atoms with Crippen LogP contribution in [0.25, 0.3) is 12.2 Å². The number of sulfonamides is 1. The number of halogens is 2. The number of ether oxygens (including phenoxy) is 1. The molecule has 0 radical (unpaired) electrons. The van der Waals surface area contributed by atoms with Crippen molar-refractivity contribution in [3.05, 3.63) is 89.4 Å². The zero-order chi connectivity index (χ0) is 24.4. The number of anilines is 1. The number of carbonyl (C=O) groups is 1. The molecule has 1 heterocycles. The van der Waals surface area contributed by atoms with Crippen molar-refractivity contribution in [1.29, 1.82) is 0 Å². The average Bonchev–Trinajstić information content (AvgIpc) is 2.80. The van der Waals surface area contributed by atoms with E-state index in [9.17, 15) is 18.4 Å². The van der Waals surface area contributed by atoms with Gasteiger partial charge in [0.15, 0.2) is 12.4 Å². The Morgan fingerprint density at radius 1 is 1.00 bits per heavy atom. The first-order valence-electron chi connectivity index (χ1n) is 9.23. The molecular weight excluding hydrogens is 698 g/mol. The second kappa shape index (κ2) is 15.5. The molecular formula is C22H26Cl2N4O5PtS. The van der Waals surface area contributed by atoms with Crippen molar-refractivity contribution in [2.24, 2.45) is 0 Å². The monoisotopic (exact) mass is 723 g/mol. The van der Waals surface area contributed by atoms with Gasteiger partial charge in [-0.2, -0.15) is 4.73 Å². The van der Waals surface area contributed by atoms with Gasteiger partial charge in [0, 0.05) is 19.1 Å². The second-order valence-corrected chi connectivity index (χ2v) is 11.5. The molecule has 0 aliphatic heterocycles. The maximum atomic E-state index is 13.2. The molecule has 0 saturated heterocycles. The Balaban J connectivity index is 0.00000220. The number of hydrogen-bond donors (Lipinski definition) is 2. The molecule has 0 unspecified atom stereocenters.